The van der Waals surface area contributed by atoms with Crippen LogP contribution >= 0.6 is 0 Å². The molecule has 2 aromatic rings. The summed E-state index contributed by atoms with van der Waals surface area (Å²) in [5.41, 5.74) is 2.59. The minimum absolute atomic E-state index is 0.170. The van der Waals surface area contributed by atoms with Gasteiger partial charge in [0.1, 0.15) is 11.6 Å². The highest BCUT2D eigenvalue weighted by Gasteiger charge is 2.17. The monoisotopic (exact) mass is 287 g/mol. The van der Waals surface area contributed by atoms with Crippen LogP contribution in [0.5, 0.6) is 5.75 Å². The molecule has 2 nitrogen and oxygen atoms in total. The van der Waals surface area contributed by atoms with Crippen LogP contribution in [0.2, 0.25) is 0 Å². The third-order valence-electron chi connectivity index (χ3n) is 3.38. The number of benzene rings is 2. The van der Waals surface area contributed by atoms with Crippen LogP contribution < -0.4 is 10.1 Å². The maximum absolute atomic E-state index is 14.3. The second-order valence-electron chi connectivity index (χ2n) is 5.02. The van der Waals surface area contributed by atoms with Crippen LogP contribution in [-0.4, -0.2) is 13.2 Å². The van der Waals surface area contributed by atoms with E-state index in [1.807, 2.05) is 57.2 Å². The van der Waals surface area contributed by atoms with Crippen LogP contribution in [-0.2, 0) is 0 Å². The molecule has 112 valence electrons. The molecule has 0 aromatic heterocycles. The molecule has 0 aliphatic rings. The Hall–Kier alpha value is -1.87. The van der Waals surface area contributed by atoms with E-state index in [1.165, 1.54) is 0 Å². The maximum Gasteiger partial charge on any atom is 0.128 e. The fourth-order valence-corrected chi connectivity index (χ4v) is 2.43. The van der Waals surface area contributed by atoms with E-state index in [9.17, 15) is 4.39 Å². The van der Waals surface area contributed by atoms with E-state index in [0.29, 0.717) is 12.2 Å². The summed E-state index contributed by atoms with van der Waals surface area (Å²) >= 11 is 0. The van der Waals surface area contributed by atoms with E-state index >= 15 is 0 Å². The highest BCUT2D eigenvalue weighted by atomic mass is 19.1. The largest absolute Gasteiger partial charge is 0.494 e. The van der Waals surface area contributed by atoms with Gasteiger partial charge in [0.25, 0.3) is 0 Å². The van der Waals surface area contributed by atoms with Crippen LogP contribution in [0, 0.1) is 12.7 Å². The van der Waals surface area contributed by atoms with Crippen molar-refractivity contribution in [1.82, 2.24) is 5.32 Å². The average Bonchev–Trinajstić information content (AvgIpc) is 2.46. The molecule has 1 atom stereocenters. The zero-order valence-corrected chi connectivity index (χ0v) is 12.8. The van der Waals surface area contributed by atoms with Gasteiger partial charge in [-0.1, -0.05) is 31.2 Å². The summed E-state index contributed by atoms with van der Waals surface area (Å²) in [6, 6.07) is 13.0. The van der Waals surface area contributed by atoms with Gasteiger partial charge < -0.3 is 10.1 Å². The van der Waals surface area contributed by atoms with Crippen molar-refractivity contribution in [2.75, 3.05) is 13.2 Å². The summed E-state index contributed by atoms with van der Waals surface area (Å²) in [7, 11) is 0. The lowest BCUT2D eigenvalue weighted by Gasteiger charge is -2.20. The molecule has 2 rings (SSSR count). The van der Waals surface area contributed by atoms with Gasteiger partial charge in [-0.25, -0.2) is 4.39 Å². The number of hydrogen-bond donors (Lipinski definition) is 1. The number of halogens is 1. The molecule has 0 bridgehead atoms. The van der Waals surface area contributed by atoms with Gasteiger partial charge in [-0.2, -0.15) is 0 Å². The van der Waals surface area contributed by atoms with E-state index < -0.39 is 0 Å². The standard InChI is InChI=1S/C18H22FNO/c1-4-20-18(16-10-9-13(3)11-17(16)19)14-7-6-8-15(12-14)21-5-2/h6-12,18,20H,4-5H2,1-3H3. The smallest absolute Gasteiger partial charge is 0.128 e. The molecule has 0 aliphatic carbocycles. The van der Waals surface area contributed by atoms with Crippen molar-refractivity contribution < 1.29 is 9.13 Å². The summed E-state index contributed by atoms with van der Waals surface area (Å²) < 4.78 is 19.8. The van der Waals surface area contributed by atoms with E-state index in [1.54, 1.807) is 6.07 Å². The molecule has 0 saturated heterocycles. The van der Waals surface area contributed by atoms with Crippen LogP contribution in [0.15, 0.2) is 42.5 Å². The van der Waals surface area contributed by atoms with Gasteiger partial charge >= 0.3 is 0 Å². The summed E-state index contributed by atoms with van der Waals surface area (Å²) in [5.74, 6) is 0.633. The Morgan fingerprint density at radius 1 is 1.14 bits per heavy atom. The van der Waals surface area contributed by atoms with Crippen molar-refractivity contribution >= 4 is 0 Å². The van der Waals surface area contributed by atoms with Crippen LogP contribution in [0.25, 0.3) is 0 Å². The predicted octanol–water partition coefficient (Wildman–Crippen LogP) is 4.23. The quantitative estimate of drug-likeness (QED) is 0.858. The second-order valence-corrected chi connectivity index (χ2v) is 5.02. The van der Waals surface area contributed by atoms with Crippen LogP contribution in [0.3, 0.4) is 0 Å². The first-order chi connectivity index (χ1) is 10.2. The molecule has 3 heteroatoms. The zero-order chi connectivity index (χ0) is 15.2. The summed E-state index contributed by atoms with van der Waals surface area (Å²) in [5, 5.41) is 3.35. The molecule has 0 aliphatic heterocycles. The Morgan fingerprint density at radius 2 is 1.95 bits per heavy atom. The molecule has 0 saturated carbocycles. The van der Waals surface area contributed by atoms with Crippen LogP contribution in [0.1, 0.15) is 36.6 Å². The third-order valence-corrected chi connectivity index (χ3v) is 3.38. The van der Waals surface area contributed by atoms with Gasteiger partial charge in [0.15, 0.2) is 0 Å². The predicted molar refractivity (Wildman–Crippen MR) is 84.3 cm³/mol. The number of hydrogen-bond acceptors (Lipinski definition) is 2. The lowest BCUT2D eigenvalue weighted by Crippen LogP contribution is -2.23. The van der Waals surface area contributed by atoms with Crippen molar-refractivity contribution in [2.45, 2.75) is 26.8 Å². The van der Waals surface area contributed by atoms with Gasteiger partial charge in [0.05, 0.1) is 12.6 Å². The lowest BCUT2D eigenvalue weighted by molar-refractivity contribution is 0.339. The highest BCUT2D eigenvalue weighted by Crippen LogP contribution is 2.27. The van der Waals surface area contributed by atoms with Crippen molar-refractivity contribution in [1.29, 1.82) is 0 Å². The van der Waals surface area contributed by atoms with Crippen molar-refractivity contribution in [2.24, 2.45) is 0 Å². The summed E-state index contributed by atoms with van der Waals surface area (Å²) in [6.07, 6.45) is 0. The molecule has 0 fully saturated rings. The topological polar surface area (TPSA) is 21.3 Å². The zero-order valence-electron chi connectivity index (χ0n) is 12.8. The maximum atomic E-state index is 14.3. The first-order valence-electron chi connectivity index (χ1n) is 7.37. The van der Waals surface area contributed by atoms with Gasteiger partial charge in [0, 0.05) is 5.56 Å². The van der Waals surface area contributed by atoms with Gasteiger partial charge in [-0.3, -0.25) is 0 Å². The van der Waals surface area contributed by atoms with E-state index in [-0.39, 0.29) is 11.9 Å². The molecule has 0 radical (unpaired) electrons. The average molecular weight is 287 g/mol. The molecular formula is C18H22FNO. The molecule has 0 spiro atoms. The fourth-order valence-electron chi connectivity index (χ4n) is 2.43. The molecular weight excluding hydrogens is 265 g/mol. The summed E-state index contributed by atoms with van der Waals surface area (Å²) in [6.45, 7) is 7.25. The second kappa shape index (κ2) is 7.23. The number of nitrogens with one attached hydrogen (secondary N) is 1. The Bertz CT molecular complexity index is 598. The molecule has 1 unspecified atom stereocenters. The first-order valence-corrected chi connectivity index (χ1v) is 7.37. The Morgan fingerprint density at radius 3 is 2.62 bits per heavy atom. The van der Waals surface area contributed by atoms with Crippen molar-refractivity contribution in [3.05, 3.63) is 65.0 Å². The molecule has 21 heavy (non-hydrogen) atoms. The van der Waals surface area contributed by atoms with E-state index in [2.05, 4.69) is 5.32 Å². The third kappa shape index (κ3) is 3.82. The lowest BCUT2D eigenvalue weighted by atomic mass is 9.97. The minimum atomic E-state index is -0.178. The summed E-state index contributed by atoms with van der Waals surface area (Å²) in [4.78, 5) is 0. The minimum Gasteiger partial charge on any atom is -0.494 e. The SMILES string of the molecule is CCNC(c1cccc(OCC)c1)c1ccc(C)cc1F. The Kier molecular flexibility index (Phi) is 5.34. The molecule has 0 amide bonds. The highest BCUT2D eigenvalue weighted by molar-refractivity contribution is 5.38. The van der Waals surface area contributed by atoms with Crippen LogP contribution in [0.4, 0.5) is 4.39 Å². The number of aryl methyl sites for hydroxylation is 1. The molecule has 2 aromatic carbocycles. The Balaban J connectivity index is 2.40. The molecule has 0 heterocycles. The fraction of sp³-hybridized carbons (Fsp3) is 0.333. The number of ether oxygens (including phenoxy) is 1. The van der Waals surface area contributed by atoms with Gasteiger partial charge in [0.2, 0.25) is 0 Å². The number of rotatable bonds is 6. The molecule has 1 N–H and O–H groups in total. The Labute approximate surface area is 126 Å². The van der Waals surface area contributed by atoms with Gasteiger partial charge in [-0.15, -0.1) is 0 Å². The van der Waals surface area contributed by atoms with E-state index in [4.69, 9.17) is 4.74 Å². The van der Waals surface area contributed by atoms with E-state index in [0.717, 1.165) is 23.4 Å². The normalized spacial score (nSPS) is 12.2. The van der Waals surface area contributed by atoms with Crippen molar-refractivity contribution in [3.8, 4) is 5.75 Å². The van der Waals surface area contributed by atoms with Gasteiger partial charge in [-0.05, 0) is 49.7 Å². The first kappa shape index (κ1) is 15.5. The van der Waals surface area contributed by atoms with Crippen molar-refractivity contribution in [3.63, 3.8) is 0 Å².